The molecule has 1 aliphatic rings. The Kier molecular flexibility index (Phi) is 5.70. The lowest BCUT2D eigenvalue weighted by atomic mass is 10.2. The van der Waals surface area contributed by atoms with Gasteiger partial charge in [-0.3, -0.25) is 9.59 Å². The molecule has 0 aromatic heterocycles. The Hall–Kier alpha value is -1.46. The minimum Gasteiger partial charge on any atom is -0.468 e. The standard InChI is InChI=1S/C15H16ClNO3S/c1-20-15(19)13-10-17(8-9-21-13)14(18)7-6-11-4-2-3-5-12(11)16/h2-7,13H,8-10H2,1H3/b7-6+/t13-/m1/s1. The topological polar surface area (TPSA) is 46.6 Å². The zero-order chi connectivity index (χ0) is 15.2. The lowest BCUT2D eigenvalue weighted by Crippen LogP contribution is -2.44. The molecule has 21 heavy (non-hydrogen) atoms. The average molecular weight is 326 g/mol. The van der Waals surface area contributed by atoms with E-state index < -0.39 is 0 Å². The molecule has 0 aliphatic carbocycles. The molecule has 1 aliphatic heterocycles. The quantitative estimate of drug-likeness (QED) is 0.632. The molecule has 1 aromatic carbocycles. The number of methoxy groups -OCH3 is 1. The van der Waals surface area contributed by atoms with E-state index in [1.165, 1.54) is 24.9 Å². The van der Waals surface area contributed by atoms with E-state index in [1.807, 2.05) is 18.2 Å². The summed E-state index contributed by atoms with van der Waals surface area (Å²) >= 11 is 7.56. The molecule has 6 heteroatoms. The number of ether oxygens (including phenoxy) is 1. The first-order chi connectivity index (χ1) is 10.1. The van der Waals surface area contributed by atoms with Crippen molar-refractivity contribution in [3.63, 3.8) is 0 Å². The Morgan fingerprint density at radius 3 is 2.90 bits per heavy atom. The van der Waals surface area contributed by atoms with Crippen molar-refractivity contribution < 1.29 is 14.3 Å². The van der Waals surface area contributed by atoms with Crippen molar-refractivity contribution in [1.82, 2.24) is 4.90 Å². The van der Waals surface area contributed by atoms with E-state index in [0.29, 0.717) is 18.1 Å². The van der Waals surface area contributed by atoms with E-state index in [1.54, 1.807) is 17.0 Å². The normalized spacial score (nSPS) is 18.8. The monoisotopic (exact) mass is 325 g/mol. The summed E-state index contributed by atoms with van der Waals surface area (Å²) in [4.78, 5) is 25.4. The number of amides is 1. The van der Waals surface area contributed by atoms with Crippen LogP contribution in [0.4, 0.5) is 0 Å². The fourth-order valence-electron chi connectivity index (χ4n) is 2.00. The number of thioether (sulfide) groups is 1. The minimum absolute atomic E-state index is 0.121. The summed E-state index contributed by atoms with van der Waals surface area (Å²) in [5, 5.41) is 0.296. The molecule has 1 aromatic rings. The zero-order valence-corrected chi connectivity index (χ0v) is 13.2. The maximum atomic E-state index is 12.2. The molecule has 2 rings (SSSR count). The van der Waals surface area contributed by atoms with E-state index in [9.17, 15) is 9.59 Å². The molecule has 0 radical (unpaired) electrons. The zero-order valence-electron chi connectivity index (χ0n) is 11.6. The van der Waals surface area contributed by atoms with E-state index in [2.05, 4.69) is 0 Å². The molecule has 0 saturated carbocycles. The summed E-state index contributed by atoms with van der Waals surface area (Å²) in [5.41, 5.74) is 0.795. The van der Waals surface area contributed by atoms with E-state index in [4.69, 9.17) is 16.3 Å². The van der Waals surface area contributed by atoms with Crippen molar-refractivity contribution >= 4 is 41.3 Å². The van der Waals surface area contributed by atoms with Crippen molar-refractivity contribution in [1.29, 1.82) is 0 Å². The van der Waals surface area contributed by atoms with Gasteiger partial charge in [0.2, 0.25) is 5.91 Å². The highest BCUT2D eigenvalue weighted by molar-refractivity contribution is 8.00. The maximum Gasteiger partial charge on any atom is 0.320 e. The van der Waals surface area contributed by atoms with Crippen LogP contribution in [0.1, 0.15) is 5.56 Å². The number of hydrogen-bond acceptors (Lipinski definition) is 4. The largest absolute Gasteiger partial charge is 0.468 e. The third-order valence-electron chi connectivity index (χ3n) is 3.15. The highest BCUT2D eigenvalue weighted by Gasteiger charge is 2.28. The summed E-state index contributed by atoms with van der Waals surface area (Å²) in [5.74, 6) is 0.322. The summed E-state index contributed by atoms with van der Waals surface area (Å²) in [7, 11) is 1.36. The van der Waals surface area contributed by atoms with Gasteiger partial charge in [-0.1, -0.05) is 29.8 Å². The maximum absolute atomic E-state index is 12.2. The molecule has 112 valence electrons. The molecule has 0 bridgehead atoms. The SMILES string of the molecule is COC(=O)[C@H]1CN(C(=O)/C=C/c2ccccc2Cl)CCS1. The molecule has 0 unspecified atom stereocenters. The van der Waals surface area contributed by atoms with Crippen molar-refractivity contribution in [2.24, 2.45) is 0 Å². The van der Waals surface area contributed by atoms with Gasteiger partial charge in [0.05, 0.1) is 7.11 Å². The summed E-state index contributed by atoms with van der Waals surface area (Å²) in [6, 6.07) is 7.32. The third kappa shape index (κ3) is 4.25. The number of benzene rings is 1. The van der Waals surface area contributed by atoms with Gasteiger partial charge < -0.3 is 9.64 Å². The van der Waals surface area contributed by atoms with Gasteiger partial charge in [-0.2, -0.15) is 0 Å². The molecular formula is C15H16ClNO3S. The van der Waals surface area contributed by atoms with Gasteiger partial charge in [0.25, 0.3) is 0 Å². The highest BCUT2D eigenvalue weighted by atomic mass is 35.5. The van der Waals surface area contributed by atoms with Crippen LogP contribution in [0.15, 0.2) is 30.3 Å². The fourth-order valence-corrected chi connectivity index (χ4v) is 3.33. The van der Waals surface area contributed by atoms with Gasteiger partial charge in [-0.25, -0.2) is 0 Å². The van der Waals surface area contributed by atoms with Gasteiger partial charge in [-0.05, 0) is 17.7 Å². The summed E-state index contributed by atoms with van der Waals surface area (Å²) < 4.78 is 4.73. The Bertz CT molecular complexity index is 562. The first kappa shape index (κ1) is 15.9. The van der Waals surface area contributed by atoms with Gasteiger partial charge in [0.1, 0.15) is 5.25 Å². The first-order valence-corrected chi connectivity index (χ1v) is 7.95. The van der Waals surface area contributed by atoms with Gasteiger partial charge in [-0.15, -0.1) is 11.8 Å². The number of nitrogens with zero attached hydrogens (tertiary/aromatic N) is 1. The van der Waals surface area contributed by atoms with Crippen molar-refractivity contribution in [2.45, 2.75) is 5.25 Å². The van der Waals surface area contributed by atoms with Crippen molar-refractivity contribution in [3.05, 3.63) is 40.9 Å². The number of halogens is 1. The number of rotatable bonds is 3. The van der Waals surface area contributed by atoms with Crippen LogP contribution >= 0.6 is 23.4 Å². The van der Waals surface area contributed by atoms with Crippen LogP contribution in [0, 0.1) is 0 Å². The second-order valence-electron chi connectivity index (χ2n) is 4.52. The molecule has 1 fully saturated rings. The van der Waals surface area contributed by atoms with Crippen LogP contribution in [0.2, 0.25) is 5.02 Å². The van der Waals surface area contributed by atoms with E-state index in [0.717, 1.165) is 11.3 Å². The predicted molar refractivity (Wildman–Crippen MR) is 85.3 cm³/mol. The highest BCUT2D eigenvalue weighted by Crippen LogP contribution is 2.21. The Balaban J connectivity index is 2.00. The second-order valence-corrected chi connectivity index (χ2v) is 6.24. The molecule has 1 atom stereocenters. The molecule has 0 spiro atoms. The Morgan fingerprint density at radius 2 is 2.19 bits per heavy atom. The molecule has 4 nitrogen and oxygen atoms in total. The minimum atomic E-state index is -0.304. The van der Waals surface area contributed by atoms with Crippen LogP contribution in [0.5, 0.6) is 0 Å². The van der Waals surface area contributed by atoms with Crippen LogP contribution < -0.4 is 0 Å². The van der Waals surface area contributed by atoms with Crippen LogP contribution in [-0.2, 0) is 14.3 Å². The van der Waals surface area contributed by atoms with E-state index >= 15 is 0 Å². The predicted octanol–water partition coefficient (Wildman–Crippen LogP) is 2.47. The fraction of sp³-hybridized carbons (Fsp3) is 0.333. The number of esters is 1. The lowest BCUT2D eigenvalue weighted by Gasteiger charge is -2.30. The van der Waals surface area contributed by atoms with Gasteiger partial charge in [0, 0.05) is 29.9 Å². The first-order valence-electron chi connectivity index (χ1n) is 6.52. The van der Waals surface area contributed by atoms with Crippen LogP contribution in [0.3, 0.4) is 0 Å². The Labute approximate surface area is 133 Å². The molecule has 1 saturated heterocycles. The summed E-state index contributed by atoms with van der Waals surface area (Å²) in [6.07, 6.45) is 3.19. The lowest BCUT2D eigenvalue weighted by molar-refractivity contribution is -0.140. The average Bonchev–Trinajstić information content (AvgIpc) is 2.53. The van der Waals surface area contributed by atoms with Gasteiger partial charge >= 0.3 is 5.97 Å². The molecule has 1 amide bonds. The van der Waals surface area contributed by atoms with E-state index in [-0.39, 0.29) is 17.1 Å². The third-order valence-corrected chi connectivity index (χ3v) is 4.66. The van der Waals surface area contributed by atoms with Crippen molar-refractivity contribution in [2.75, 3.05) is 26.0 Å². The number of hydrogen-bond donors (Lipinski definition) is 0. The van der Waals surface area contributed by atoms with Crippen molar-refractivity contribution in [3.8, 4) is 0 Å². The number of carbonyl (C=O) groups is 2. The molecule has 1 heterocycles. The molecule has 0 N–H and O–H groups in total. The smallest absolute Gasteiger partial charge is 0.320 e. The molecular weight excluding hydrogens is 310 g/mol. The number of carbonyl (C=O) groups excluding carboxylic acids is 2. The van der Waals surface area contributed by atoms with Gasteiger partial charge in [0.15, 0.2) is 0 Å². The Morgan fingerprint density at radius 1 is 1.43 bits per heavy atom. The second kappa shape index (κ2) is 7.52. The van der Waals surface area contributed by atoms with Crippen LogP contribution in [-0.4, -0.2) is 48.0 Å². The van der Waals surface area contributed by atoms with Crippen LogP contribution in [0.25, 0.3) is 6.08 Å². The summed E-state index contributed by atoms with van der Waals surface area (Å²) in [6.45, 7) is 1.01.